The molecular weight excluding hydrogens is 456 g/mol. The molecule has 8 nitrogen and oxygen atoms in total. The summed E-state index contributed by atoms with van der Waals surface area (Å²) in [7, 11) is 1.59. The SMILES string of the molecule is CN(CC(=O)N1CCN(CCCOc2ccc(-c3ccc(C#N)cc3)cc2)CC1)C(=O)OC(C)(C)C. The number of nitrogens with zero attached hydrogens (tertiary/aromatic N) is 4. The molecule has 0 saturated carbocycles. The molecule has 192 valence electrons. The van der Waals surface area contributed by atoms with E-state index in [1.54, 1.807) is 27.8 Å². The Morgan fingerprint density at radius 1 is 0.972 bits per heavy atom. The van der Waals surface area contributed by atoms with Crippen LogP contribution in [0.3, 0.4) is 0 Å². The van der Waals surface area contributed by atoms with Gasteiger partial charge in [0.25, 0.3) is 0 Å². The van der Waals surface area contributed by atoms with Crippen molar-refractivity contribution in [3.8, 4) is 22.9 Å². The van der Waals surface area contributed by atoms with Gasteiger partial charge in [-0.1, -0.05) is 24.3 Å². The monoisotopic (exact) mass is 492 g/mol. The predicted octanol–water partition coefficient (Wildman–Crippen LogP) is 4.01. The summed E-state index contributed by atoms with van der Waals surface area (Å²) >= 11 is 0. The van der Waals surface area contributed by atoms with E-state index in [1.165, 1.54) is 4.90 Å². The average Bonchev–Trinajstić information content (AvgIpc) is 2.86. The van der Waals surface area contributed by atoms with Crippen molar-refractivity contribution in [2.75, 3.05) is 52.9 Å². The summed E-state index contributed by atoms with van der Waals surface area (Å²) in [4.78, 5) is 30.1. The van der Waals surface area contributed by atoms with Crippen LogP contribution >= 0.6 is 0 Å². The summed E-state index contributed by atoms with van der Waals surface area (Å²) in [6, 6.07) is 17.6. The number of piperazine rings is 1. The maximum absolute atomic E-state index is 12.6. The number of ether oxygens (including phenoxy) is 2. The van der Waals surface area contributed by atoms with Crippen LogP contribution < -0.4 is 4.74 Å². The van der Waals surface area contributed by atoms with E-state index in [9.17, 15) is 9.59 Å². The molecule has 2 aromatic carbocycles. The smallest absolute Gasteiger partial charge is 0.410 e. The van der Waals surface area contributed by atoms with E-state index in [1.807, 2.05) is 53.4 Å². The Labute approximate surface area is 214 Å². The number of carbonyl (C=O) groups is 2. The molecule has 0 atom stereocenters. The number of hydrogen-bond acceptors (Lipinski definition) is 6. The summed E-state index contributed by atoms with van der Waals surface area (Å²) in [5.41, 5.74) is 2.21. The van der Waals surface area contributed by atoms with E-state index in [4.69, 9.17) is 14.7 Å². The van der Waals surface area contributed by atoms with Crippen LogP contribution in [0.25, 0.3) is 11.1 Å². The molecule has 0 bridgehead atoms. The van der Waals surface area contributed by atoms with Crippen LogP contribution in [-0.2, 0) is 9.53 Å². The minimum Gasteiger partial charge on any atom is -0.494 e. The van der Waals surface area contributed by atoms with E-state index < -0.39 is 11.7 Å². The Bertz CT molecular complexity index is 1050. The average molecular weight is 493 g/mol. The summed E-state index contributed by atoms with van der Waals surface area (Å²) < 4.78 is 11.2. The maximum Gasteiger partial charge on any atom is 0.410 e. The first-order chi connectivity index (χ1) is 17.1. The zero-order valence-corrected chi connectivity index (χ0v) is 21.7. The lowest BCUT2D eigenvalue weighted by Gasteiger charge is -2.35. The highest BCUT2D eigenvalue weighted by Crippen LogP contribution is 2.23. The zero-order chi connectivity index (χ0) is 26.1. The molecule has 1 aliphatic rings. The number of carbonyl (C=O) groups excluding carboxylic acids is 2. The Kier molecular flexibility index (Phi) is 9.31. The van der Waals surface area contributed by atoms with Crippen molar-refractivity contribution in [3.05, 3.63) is 54.1 Å². The van der Waals surface area contributed by atoms with Gasteiger partial charge in [0, 0.05) is 39.8 Å². The van der Waals surface area contributed by atoms with Crippen LogP contribution in [0.15, 0.2) is 48.5 Å². The maximum atomic E-state index is 12.6. The summed E-state index contributed by atoms with van der Waals surface area (Å²) in [6.07, 6.45) is 0.408. The van der Waals surface area contributed by atoms with Crippen molar-refractivity contribution >= 4 is 12.0 Å². The number of amides is 2. The fraction of sp³-hybridized carbons (Fsp3) is 0.464. The van der Waals surface area contributed by atoms with Gasteiger partial charge in [0.1, 0.15) is 17.9 Å². The molecule has 8 heteroatoms. The van der Waals surface area contributed by atoms with Crippen LogP contribution in [0.1, 0.15) is 32.8 Å². The highest BCUT2D eigenvalue weighted by molar-refractivity contribution is 5.82. The second kappa shape index (κ2) is 12.4. The van der Waals surface area contributed by atoms with Crippen molar-refractivity contribution in [1.29, 1.82) is 5.26 Å². The third kappa shape index (κ3) is 8.28. The van der Waals surface area contributed by atoms with E-state index in [2.05, 4.69) is 11.0 Å². The van der Waals surface area contributed by atoms with Crippen molar-refractivity contribution in [3.63, 3.8) is 0 Å². The van der Waals surface area contributed by atoms with Gasteiger partial charge in [-0.25, -0.2) is 4.79 Å². The van der Waals surface area contributed by atoms with Gasteiger partial charge < -0.3 is 19.3 Å². The molecule has 0 aromatic heterocycles. The van der Waals surface area contributed by atoms with E-state index in [0.717, 1.165) is 42.9 Å². The van der Waals surface area contributed by atoms with Crippen molar-refractivity contribution in [2.24, 2.45) is 0 Å². The van der Waals surface area contributed by atoms with E-state index in [0.29, 0.717) is 25.3 Å². The lowest BCUT2D eigenvalue weighted by atomic mass is 10.0. The highest BCUT2D eigenvalue weighted by atomic mass is 16.6. The molecule has 2 amide bonds. The number of likely N-dealkylation sites (N-methyl/N-ethyl adjacent to an activating group) is 1. The lowest BCUT2D eigenvalue weighted by molar-refractivity contribution is -0.133. The Morgan fingerprint density at radius 3 is 2.11 bits per heavy atom. The number of benzene rings is 2. The third-order valence-electron chi connectivity index (χ3n) is 5.89. The normalized spacial score (nSPS) is 14.1. The van der Waals surface area contributed by atoms with E-state index in [-0.39, 0.29) is 12.5 Å². The molecule has 1 fully saturated rings. The van der Waals surface area contributed by atoms with Gasteiger partial charge in [-0.3, -0.25) is 9.69 Å². The number of hydrogen-bond donors (Lipinski definition) is 0. The van der Waals surface area contributed by atoms with Crippen molar-refractivity contribution in [1.82, 2.24) is 14.7 Å². The molecule has 0 radical (unpaired) electrons. The quantitative estimate of drug-likeness (QED) is 0.518. The van der Waals surface area contributed by atoms with Gasteiger partial charge in [0.2, 0.25) is 5.91 Å². The van der Waals surface area contributed by atoms with Gasteiger partial charge in [-0.15, -0.1) is 0 Å². The standard InChI is InChI=1S/C28H36N4O4/c1-28(2,3)36-27(34)30(4)21-26(33)32-17-15-31(16-18-32)14-5-19-35-25-12-10-24(11-13-25)23-8-6-22(20-29)7-9-23/h6-13H,5,14-19,21H2,1-4H3. The Balaban J connectivity index is 1.33. The largest absolute Gasteiger partial charge is 0.494 e. The number of rotatable bonds is 8. The van der Waals surface area contributed by atoms with Gasteiger partial charge in [-0.05, 0) is 62.6 Å². The van der Waals surface area contributed by atoms with Crippen LogP contribution in [0.4, 0.5) is 4.79 Å². The molecular formula is C28H36N4O4. The molecule has 0 unspecified atom stereocenters. The first-order valence-electron chi connectivity index (χ1n) is 12.3. The minimum atomic E-state index is -0.584. The fourth-order valence-corrected chi connectivity index (χ4v) is 3.89. The molecule has 1 aliphatic heterocycles. The first kappa shape index (κ1) is 27.0. The Morgan fingerprint density at radius 2 is 1.56 bits per heavy atom. The van der Waals surface area contributed by atoms with Crippen LogP contribution in [0.2, 0.25) is 0 Å². The predicted molar refractivity (Wildman–Crippen MR) is 139 cm³/mol. The molecule has 1 heterocycles. The highest BCUT2D eigenvalue weighted by Gasteiger charge is 2.25. The fourth-order valence-electron chi connectivity index (χ4n) is 3.89. The van der Waals surface area contributed by atoms with Crippen LogP contribution in [0.5, 0.6) is 5.75 Å². The van der Waals surface area contributed by atoms with Gasteiger partial charge in [0.05, 0.1) is 18.2 Å². The second-order valence-electron chi connectivity index (χ2n) is 9.97. The molecule has 0 N–H and O–H groups in total. The molecule has 0 aliphatic carbocycles. The molecule has 0 spiro atoms. The molecule has 1 saturated heterocycles. The topological polar surface area (TPSA) is 86.1 Å². The van der Waals surface area contributed by atoms with Crippen LogP contribution in [-0.4, -0.2) is 85.2 Å². The number of nitriles is 1. The minimum absolute atomic E-state index is 0.0206. The summed E-state index contributed by atoms with van der Waals surface area (Å²) in [6.45, 7) is 9.88. The lowest BCUT2D eigenvalue weighted by Crippen LogP contribution is -2.51. The van der Waals surface area contributed by atoms with E-state index >= 15 is 0 Å². The third-order valence-corrected chi connectivity index (χ3v) is 5.89. The van der Waals surface area contributed by atoms with Crippen molar-refractivity contribution in [2.45, 2.75) is 32.8 Å². The van der Waals surface area contributed by atoms with Gasteiger partial charge in [-0.2, -0.15) is 5.26 Å². The van der Waals surface area contributed by atoms with Crippen molar-refractivity contribution < 1.29 is 19.1 Å². The zero-order valence-electron chi connectivity index (χ0n) is 21.7. The van der Waals surface area contributed by atoms with Gasteiger partial charge in [0.15, 0.2) is 0 Å². The molecule has 3 rings (SSSR count). The summed E-state index contributed by atoms with van der Waals surface area (Å²) in [5.74, 6) is 0.771. The van der Waals surface area contributed by atoms with Crippen LogP contribution in [0, 0.1) is 11.3 Å². The van der Waals surface area contributed by atoms with Gasteiger partial charge >= 0.3 is 6.09 Å². The summed E-state index contributed by atoms with van der Waals surface area (Å²) in [5, 5.41) is 8.93. The second-order valence-corrected chi connectivity index (χ2v) is 9.97. The molecule has 2 aromatic rings. The Hall–Kier alpha value is -3.57. The molecule has 36 heavy (non-hydrogen) atoms. The first-order valence-corrected chi connectivity index (χ1v) is 12.3.